The maximum absolute atomic E-state index is 12.0. The Morgan fingerprint density at radius 1 is 1.12 bits per heavy atom. The second kappa shape index (κ2) is 7.27. The molecule has 0 aliphatic rings. The first-order valence-electron chi connectivity index (χ1n) is 7.44. The molecule has 0 bridgehead atoms. The Morgan fingerprint density at radius 2 is 1.83 bits per heavy atom. The number of benzene rings is 2. The van der Waals surface area contributed by atoms with E-state index in [-0.39, 0.29) is 18.3 Å². The van der Waals surface area contributed by atoms with E-state index in [1.54, 1.807) is 31.2 Å². The number of ether oxygens (including phenoxy) is 1. The van der Waals surface area contributed by atoms with Gasteiger partial charge in [0.05, 0.1) is 6.42 Å². The molecule has 0 spiro atoms. The number of hydrogen-bond acceptors (Lipinski definition) is 5. The van der Waals surface area contributed by atoms with E-state index in [4.69, 9.17) is 20.8 Å². The summed E-state index contributed by atoms with van der Waals surface area (Å²) in [6, 6.07) is 16.5. The summed E-state index contributed by atoms with van der Waals surface area (Å²) < 4.78 is 10.9. The van der Waals surface area contributed by atoms with Crippen LogP contribution in [0, 0.1) is 0 Å². The van der Waals surface area contributed by atoms with Crippen LogP contribution < -0.4 is 0 Å². The molecule has 6 heteroatoms. The summed E-state index contributed by atoms with van der Waals surface area (Å²) in [5, 5.41) is 8.56. The minimum atomic E-state index is -0.616. The SMILES string of the molecule is C[C@@H](OC(=O)Cc1ccc(Cl)cc1)c1nnc(-c2ccccc2)o1. The van der Waals surface area contributed by atoms with Gasteiger partial charge in [0.2, 0.25) is 5.89 Å². The molecule has 0 saturated heterocycles. The van der Waals surface area contributed by atoms with Crippen molar-refractivity contribution in [1.29, 1.82) is 0 Å². The van der Waals surface area contributed by atoms with Gasteiger partial charge in [-0.1, -0.05) is 41.9 Å². The highest BCUT2D eigenvalue weighted by Crippen LogP contribution is 2.22. The molecule has 1 atom stereocenters. The van der Waals surface area contributed by atoms with Crippen LogP contribution in [0.3, 0.4) is 0 Å². The van der Waals surface area contributed by atoms with Crippen LogP contribution in [0.4, 0.5) is 0 Å². The summed E-state index contributed by atoms with van der Waals surface area (Å²) in [6.07, 6.45) is -0.462. The summed E-state index contributed by atoms with van der Waals surface area (Å²) in [5.41, 5.74) is 1.64. The maximum Gasteiger partial charge on any atom is 0.311 e. The van der Waals surface area contributed by atoms with E-state index in [2.05, 4.69) is 10.2 Å². The van der Waals surface area contributed by atoms with E-state index in [1.165, 1.54) is 0 Å². The van der Waals surface area contributed by atoms with E-state index >= 15 is 0 Å². The Bertz CT molecular complexity index is 816. The van der Waals surface area contributed by atoms with Gasteiger partial charge in [-0.05, 0) is 36.8 Å². The van der Waals surface area contributed by atoms with Gasteiger partial charge in [0.1, 0.15) is 0 Å². The van der Waals surface area contributed by atoms with Gasteiger partial charge >= 0.3 is 5.97 Å². The first-order chi connectivity index (χ1) is 11.6. The molecule has 24 heavy (non-hydrogen) atoms. The highest BCUT2D eigenvalue weighted by Gasteiger charge is 2.19. The molecule has 3 rings (SSSR count). The van der Waals surface area contributed by atoms with Crippen molar-refractivity contribution in [1.82, 2.24) is 10.2 Å². The Labute approximate surface area is 144 Å². The lowest BCUT2D eigenvalue weighted by molar-refractivity contribution is -0.148. The molecular weight excluding hydrogens is 328 g/mol. The van der Waals surface area contributed by atoms with Crippen LogP contribution >= 0.6 is 11.6 Å². The average Bonchev–Trinajstić information content (AvgIpc) is 3.08. The van der Waals surface area contributed by atoms with E-state index in [0.29, 0.717) is 10.9 Å². The molecule has 0 aliphatic heterocycles. The Morgan fingerprint density at radius 3 is 2.54 bits per heavy atom. The molecule has 2 aromatic carbocycles. The van der Waals surface area contributed by atoms with Crippen molar-refractivity contribution in [2.45, 2.75) is 19.4 Å². The minimum Gasteiger partial charge on any atom is -0.452 e. The fraction of sp³-hybridized carbons (Fsp3) is 0.167. The number of hydrogen-bond donors (Lipinski definition) is 0. The van der Waals surface area contributed by atoms with Crippen molar-refractivity contribution < 1.29 is 13.9 Å². The number of rotatable bonds is 5. The molecule has 122 valence electrons. The lowest BCUT2D eigenvalue weighted by Gasteiger charge is -2.09. The van der Waals surface area contributed by atoms with E-state index in [1.807, 2.05) is 30.3 Å². The minimum absolute atomic E-state index is 0.154. The molecule has 3 aromatic rings. The zero-order valence-electron chi connectivity index (χ0n) is 13.0. The molecule has 0 amide bonds. The van der Waals surface area contributed by atoms with Crippen LogP contribution in [0.1, 0.15) is 24.5 Å². The lowest BCUT2D eigenvalue weighted by atomic mass is 10.1. The van der Waals surface area contributed by atoms with Crippen molar-refractivity contribution in [3.63, 3.8) is 0 Å². The second-order valence-electron chi connectivity index (χ2n) is 5.25. The third kappa shape index (κ3) is 4.00. The molecule has 0 saturated carbocycles. The Kier molecular flexibility index (Phi) is 4.91. The molecular formula is C18H15ClN2O3. The number of esters is 1. The van der Waals surface area contributed by atoms with Gasteiger partial charge in [0, 0.05) is 10.6 Å². The number of halogens is 1. The van der Waals surface area contributed by atoms with Gasteiger partial charge in [-0.25, -0.2) is 0 Å². The zero-order valence-corrected chi connectivity index (χ0v) is 13.7. The Balaban J connectivity index is 1.62. The lowest BCUT2D eigenvalue weighted by Crippen LogP contribution is -2.11. The number of nitrogens with zero attached hydrogens (tertiary/aromatic N) is 2. The highest BCUT2D eigenvalue weighted by molar-refractivity contribution is 6.30. The molecule has 0 radical (unpaired) electrons. The second-order valence-corrected chi connectivity index (χ2v) is 5.68. The van der Waals surface area contributed by atoms with Crippen LogP contribution in [0.15, 0.2) is 59.0 Å². The molecule has 0 aliphatic carbocycles. The highest BCUT2D eigenvalue weighted by atomic mass is 35.5. The van der Waals surface area contributed by atoms with Gasteiger partial charge in [0.25, 0.3) is 5.89 Å². The Hall–Kier alpha value is -2.66. The topological polar surface area (TPSA) is 65.2 Å². The molecule has 5 nitrogen and oxygen atoms in total. The quantitative estimate of drug-likeness (QED) is 0.649. The van der Waals surface area contributed by atoms with Crippen molar-refractivity contribution in [3.05, 3.63) is 71.1 Å². The molecule has 0 unspecified atom stereocenters. The maximum atomic E-state index is 12.0. The summed E-state index contributed by atoms with van der Waals surface area (Å²) in [5.74, 6) is 0.286. The van der Waals surface area contributed by atoms with Crippen LogP contribution in [0.25, 0.3) is 11.5 Å². The first-order valence-corrected chi connectivity index (χ1v) is 7.82. The predicted molar refractivity (Wildman–Crippen MR) is 89.4 cm³/mol. The number of carbonyl (C=O) groups excluding carboxylic acids is 1. The van der Waals surface area contributed by atoms with Crippen LogP contribution in [0.2, 0.25) is 5.02 Å². The van der Waals surface area contributed by atoms with Gasteiger partial charge in [0.15, 0.2) is 6.10 Å². The van der Waals surface area contributed by atoms with Crippen LogP contribution in [-0.4, -0.2) is 16.2 Å². The fourth-order valence-corrected chi connectivity index (χ4v) is 2.28. The number of carbonyl (C=O) groups is 1. The number of aromatic nitrogens is 2. The molecule has 0 N–H and O–H groups in total. The zero-order chi connectivity index (χ0) is 16.9. The first kappa shape index (κ1) is 16.2. The van der Waals surface area contributed by atoms with Gasteiger partial charge in [-0.15, -0.1) is 10.2 Å². The van der Waals surface area contributed by atoms with Gasteiger partial charge in [-0.2, -0.15) is 0 Å². The van der Waals surface area contributed by atoms with E-state index in [9.17, 15) is 4.79 Å². The molecule has 1 heterocycles. The fourth-order valence-electron chi connectivity index (χ4n) is 2.15. The van der Waals surface area contributed by atoms with Crippen molar-refractivity contribution in [2.24, 2.45) is 0 Å². The smallest absolute Gasteiger partial charge is 0.311 e. The summed E-state index contributed by atoms with van der Waals surface area (Å²) in [7, 11) is 0. The summed E-state index contributed by atoms with van der Waals surface area (Å²) in [4.78, 5) is 12.0. The standard InChI is InChI=1S/C18H15ClN2O3/c1-12(23-16(22)11-13-7-9-15(19)10-8-13)17-20-21-18(24-17)14-5-3-2-4-6-14/h2-10,12H,11H2,1H3/t12-/m1/s1. The molecule has 1 aromatic heterocycles. The monoisotopic (exact) mass is 342 g/mol. The predicted octanol–water partition coefficient (Wildman–Crippen LogP) is 4.24. The normalized spacial score (nSPS) is 11.9. The van der Waals surface area contributed by atoms with Gasteiger partial charge in [-0.3, -0.25) is 4.79 Å². The molecule has 0 fully saturated rings. The van der Waals surface area contributed by atoms with Gasteiger partial charge < -0.3 is 9.15 Å². The largest absolute Gasteiger partial charge is 0.452 e. The van der Waals surface area contributed by atoms with E-state index in [0.717, 1.165) is 11.1 Å². The third-order valence-corrected chi connectivity index (χ3v) is 3.63. The van der Waals surface area contributed by atoms with Crippen LogP contribution in [-0.2, 0) is 16.0 Å². The third-order valence-electron chi connectivity index (χ3n) is 3.38. The van der Waals surface area contributed by atoms with Crippen molar-refractivity contribution >= 4 is 17.6 Å². The van der Waals surface area contributed by atoms with E-state index < -0.39 is 6.10 Å². The van der Waals surface area contributed by atoms with Crippen molar-refractivity contribution in [3.8, 4) is 11.5 Å². The summed E-state index contributed by atoms with van der Waals surface area (Å²) >= 11 is 5.82. The average molecular weight is 343 g/mol. The van der Waals surface area contributed by atoms with Crippen LogP contribution in [0.5, 0.6) is 0 Å². The van der Waals surface area contributed by atoms with Crippen molar-refractivity contribution in [2.75, 3.05) is 0 Å². The summed E-state index contributed by atoms with van der Waals surface area (Å²) in [6.45, 7) is 1.70.